The van der Waals surface area contributed by atoms with Gasteiger partial charge in [-0.05, 0) is 109 Å². The van der Waals surface area contributed by atoms with E-state index in [9.17, 15) is 43.5 Å². The molecule has 0 amide bonds. The fourth-order valence-corrected chi connectivity index (χ4v) is 12.8. The van der Waals surface area contributed by atoms with E-state index < -0.39 is 91.5 Å². The predicted octanol–water partition coefficient (Wildman–Crippen LogP) is 24.3. The van der Waals surface area contributed by atoms with Gasteiger partial charge in [-0.15, -0.1) is 0 Å². The average Bonchev–Trinajstić information content (AvgIpc) is 0.922. The summed E-state index contributed by atoms with van der Waals surface area (Å²) < 4.78 is 61.2. The number of phosphoric acid groups is 2. The van der Waals surface area contributed by atoms with Crippen molar-refractivity contribution < 1.29 is 75.8 Å². The van der Waals surface area contributed by atoms with Crippen LogP contribution in [0.3, 0.4) is 0 Å². The van der Waals surface area contributed by atoms with Gasteiger partial charge in [-0.3, -0.25) is 32.5 Å². The summed E-state index contributed by atoms with van der Waals surface area (Å²) in [6, 6.07) is 0. The number of phosphoric ester groups is 2. The number of allylic oxidation sites excluding steroid dienone is 18. The van der Waals surface area contributed by atoms with Crippen molar-refractivity contribution in [1.29, 1.82) is 0 Å². The van der Waals surface area contributed by atoms with E-state index in [-0.39, 0.29) is 19.3 Å². The lowest BCUT2D eigenvalue weighted by Crippen LogP contribution is -2.30. The second-order valence-electron chi connectivity index (χ2n) is 27.6. The molecule has 0 aliphatic rings. The Balaban J connectivity index is 4.49. The standard InChI is InChI=1S/C85H150O16P2/c1-4-7-10-13-16-19-22-25-28-30-32-34-35-36-37-38-39-40-41-42-43-45-47-48-51-53-56-59-62-65-68-71-83(88)95-74-80(86)75-97-102(91,92)98-76-81(87)77-99-103(93,94)100-79-82(101-85(90)73-70-67-64-61-58-55-50-27-24-21-18-15-12-9-6-3)78-96-84(89)72-69-66-63-60-57-54-52-49-46-44-33-31-29-26-23-20-17-14-11-8-5-2/h7,10,16-17,19-20,25-26,28-29,32-34,36-37,44,49,52,80-82,86-87H,4-6,8-9,11-15,18,21-24,27,30-31,35,38-43,45-48,50-51,53-79H2,1-3H3,(H,91,92)(H,93,94)/b10-7-,19-16-,20-17-,28-25-,29-26-,34-32-,37-36-,44-33-,52-49-. The molecular weight excluding hydrogens is 1340 g/mol. The first-order valence-corrected chi connectivity index (χ1v) is 44.2. The fourth-order valence-electron chi connectivity index (χ4n) is 11.2. The zero-order chi connectivity index (χ0) is 75.2. The van der Waals surface area contributed by atoms with E-state index in [1.54, 1.807) is 0 Å². The molecule has 0 aromatic carbocycles. The minimum absolute atomic E-state index is 0.104. The summed E-state index contributed by atoms with van der Waals surface area (Å²) in [6.45, 7) is 2.57. The van der Waals surface area contributed by atoms with Crippen LogP contribution in [0.2, 0.25) is 0 Å². The second kappa shape index (κ2) is 77.8. The third kappa shape index (κ3) is 79.1. The van der Waals surface area contributed by atoms with Crippen LogP contribution in [0.4, 0.5) is 0 Å². The Morgan fingerprint density at radius 1 is 0.282 bits per heavy atom. The molecule has 0 bridgehead atoms. The zero-order valence-corrected chi connectivity index (χ0v) is 67.0. The van der Waals surface area contributed by atoms with Crippen molar-refractivity contribution in [2.75, 3.05) is 39.6 Å². The molecule has 0 aliphatic carbocycles. The van der Waals surface area contributed by atoms with Gasteiger partial charge in [0, 0.05) is 19.3 Å². The van der Waals surface area contributed by atoms with Crippen LogP contribution in [0.1, 0.15) is 355 Å². The van der Waals surface area contributed by atoms with Crippen molar-refractivity contribution in [3.05, 3.63) is 109 Å². The van der Waals surface area contributed by atoms with Crippen LogP contribution in [-0.2, 0) is 55.8 Å². The van der Waals surface area contributed by atoms with Crippen molar-refractivity contribution in [3.63, 3.8) is 0 Å². The number of esters is 3. The van der Waals surface area contributed by atoms with Crippen molar-refractivity contribution >= 4 is 33.6 Å². The summed E-state index contributed by atoms with van der Waals surface area (Å²) in [4.78, 5) is 58.7. The van der Waals surface area contributed by atoms with Gasteiger partial charge in [0.05, 0.1) is 26.4 Å². The van der Waals surface area contributed by atoms with E-state index in [0.717, 1.165) is 128 Å². The van der Waals surface area contributed by atoms with E-state index in [1.165, 1.54) is 167 Å². The van der Waals surface area contributed by atoms with E-state index in [2.05, 4.69) is 130 Å². The Kier molecular flexibility index (Phi) is 74.9. The summed E-state index contributed by atoms with van der Waals surface area (Å²) >= 11 is 0. The van der Waals surface area contributed by atoms with Crippen LogP contribution in [0.15, 0.2) is 109 Å². The van der Waals surface area contributed by atoms with Gasteiger partial charge in [0.25, 0.3) is 0 Å². The number of ether oxygens (including phenoxy) is 3. The third-order valence-corrected chi connectivity index (χ3v) is 19.4. The van der Waals surface area contributed by atoms with Gasteiger partial charge in [-0.2, -0.15) is 0 Å². The predicted molar refractivity (Wildman–Crippen MR) is 427 cm³/mol. The summed E-state index contributed by atoms with van der Waals surface area (Å²) in [5, 5.41) is 20.7. The zero-order valence-electron chi connectivity index (χ0n) is 65.2. The maximum Gasteiger partial charge on any atom is 0.472 e. The molecule has 103 heavy (non-hydrogen) atoms. The molecule has 5 atom stereocenters. The van der Waals surface area contributed by atoms with Crippen LogP contribution >= 0.6 is 15.6 Å². The highest BCUT2D eigenvalue weighted by Gasteiger charge is 2.29. The molecule has 0 aliphatic heterocycles. The van der Waals surface area contributed by atoms with Crippen LogP contribution in [0.5, 0.6) is 0 Å². The molecule has 5 unspecified atom stereocenters. The largest absolute Gasteiger partial charge is 0.472 e. The molecule has 0 fully saturated rings. The first kappa shape index (κ1) is 99.2. The Morgan fingerprint density at radius 2 is 0.515 bits per heavy atom. The molecule has 0 aromatic heterocycles. The summed E-state index contributed by atoms with van der Waals surface area (Å²) in [5.74, 6) is -1.58. The van der Waals surface area contributed by atoms with Gasteiger partial charge in [0.15, 0.2) is 6.10 Å². The molecule has 0 aromatic rings. The van der Waals surface area contributed by atoms with Gasteiger partial charge in [-0.25, -0.2) is 9.13 Å². The topological polar surface area (TPSA) is 231 Å². The van der Waals surface area contributed by atoms with E-state index in [4.69, 9.17) is 32.3 Å². The minimum Gasteiger partial charge on any atom is -0.463 e. The van der Waals surface area contributed by atoms with Crippen molar-refractivity contribution in [2.45, 2.75) is 373 Å². The summed E-state index contributed by atoms with van der Waals surface area (Å²) in [5.41, 5.74) is 0. The van der Waals surface area contributed by atoms with Crippen molar-refractivity contribution in [1.82, 2.24) is 0 Å². The first-order valence-electron chi connectivity index (χ1n) is 41.2. The number of carbonyl (C=O) groups excluding carboxylic acids is 3. The van der Waals surface area contributed by atoms with Crippen LogP contribution in [0, 0.1) is 0 Å². The number of hydrogen-bond donors (Lipinski definition) is 4. The number of aliphatic hydroxyl groups is 2. The SMILES string of the molecule is CC/C=C\C/C=C\C/C=C\C/C=C\C/C=C\CCCCCCCCCCCCCCCCCC(=O)OCC(O)COP(=O)(O)OCC(O)COP(=O)(O)OCC(COC(=O)CCCCCCC/C=C\C/C=C\C/C=C\C/C=C\CCCCC)OC(=O)CCCCCCCCCCCCCCCCC. The molecule has 4 N–H and O–H groups in total. The van der Waals surface area contributed by atoms with E-state index in [1.807, 2.05) is 0 Å². The molecule has 0 rings (SSSR count). The molecule has 16 nitrogen and oxygen atoms in total. The van der Waals surface area contributed by atoms with Gasteiger partial charge in [0.1, 0.15) is 25.4 Å². The van der Waals surface area contributed by atoms with E-state index >= 15 is 0 Å². The minimum atomic E-state index is -4.93. The summed E-state index contributed by atoms with van der Waals surface area (Å²) in [6.07, 6.45) is 91.4. The fraction of sp³-hybridized carbons (Fsp3) is 0.753. The van der Waals surface area contributed by atoms with Gasteiger partial charge in [-0.1, -0.05) is 336 Å². The second-order valence-corrected chi connectivity index (χ2v) is 30.5. The number of rotatable bonds is 78. The molecule has 0 spiro atoms. The molecule has 596 valence electrons. The highest BCUT2D eigenvalue weighted by atomic mass is 31.2. The Labute approximate surface area is 628 Å². The third-order valence-electron chi connectivity index (χ3n) is 17.5. The molecule has 0 heterocycles. The molecule has 0 radical (unpaired) electrons. The molecule has 18 heteroatoms. The highest BCUT2D eigenvalue weighted by molar-refractivity contribution is 7.47. The number of aliphatic hydroxyl groups excluding tert-OH is 2. The Hall–Kier alpha value is -3.79. The monoisotopic (exact) mass is 1490 g/mol. The first-order chi connectivity index (χ1) is 50.2. The van der Waals surface area contributed by atoms with Crippen LogP contribution in [-0.4, -0.2) is 95.9 Å². The average molecular weight is 1490 g/mol. The van der Waals surface area contributed by atoms with Crippen LogP contribution in [0.25, 0.3) is 0 Å². The number of hydrogen-bond acceptors (Lipinski definition) is 14. The summed E-state index contributed by atoms with van der Waals surface area (Å²) in [7, 11) is -9.79. The highest BCUT2D eigenvalue weighted by Crippen LogP contribution is 2.45. The molecular formula is C85H150O16P2. The van der Waals surface area contributed by atoms with Gasteiger partial charge in [0.2, 0.25) is 0 Å². The maximum atomic E-state index is 13.0. The number of carbonyl (C=O) groups is 3. The Bertz CT molecular complexity index is 2310. The van der Waals surface area contributed by atoms with Gasteiger partial charge < -0.3 is 34.2 Å². The van der Waals surface area contributed by atoms with Crippen LogP contribution < -0.4 is 0 Å². The lowest BCUT2D eigenvalue weighted by atomic mass is 10.0. The normalized spacial score (nSPS) is 14.5. The van der Waals surface area contributed by atoms with Crippen molar-refractivity contribution in [3.8, 4) is 0 Å². The lowest BCUT2D eigenvalue weighted by molar-refractivity contribution is -0.161. The van der Waals surface area contributed by atoms with Crippen molar-refractivity contribution in [2.24, 2.45) is 0 Å². The number of unbranched alkanes of at least 4 members (excludes halogenated alkanes) is 37. The molecule has 0 saturated carbocycles. The van der Waals surface area contributed by atoms with E-state index in [0.29, 0.717) is 19.3 Å². The smallest absolute Gasteiger partial charge is 0.463 e. The molecule has 0 saturated heterocycles. The van der Waals surface area contributed by atoms with Gasteiger partial charge >= 0.3 is 33.6 Å². The maximum absolute atomic E-state index is 13.0. The lowest BCUT2D eigenvalue weighted by Gasteiger charge is -2.21. The Morgan fingerprint density at radius 3 is 0.835 bits per heavy atom. The quantitative estimate of drug-likeness (QED) is 0.0146.